The summed E-state index contributed by atoms with van der Waals surface area (Å²) in [4.78, 5) is 37.6. The number of carboxylic acid groups (broad SMARTS) is 1. The van der Waals surface area contributed by atoms with Crippen LogP contribution in [0.15, 0.2) is 84.9 Å². The second kappa shape index (κ2) is 12.6. The third-order valence-electron chi connectivity index (χ3n) is 5.29. The van der Waals surface area contributed by atoms with Gasteiger partial charge in [0.1, 0.15) is 24.0 Å². The normalized spacial score (nSPS) is 12.6. The van der Waals surface area contributed by atoms with E-state index in [0.29, 0.717) is 17.9 Å². The minimum Gasteiger partial charge on any atom is -0.489 e. The molecule has 2 atom stereocenters. The van der Waals surface area contributed by atoms with Crippen molar-refractivity contribution in [3.63, 3.8) is 0 Å². The van der Waals surface area contributed by atoms with Gasteiger partial charge in [-0.1, -0.05) is 72.8 Å². The monoisotopic (exact) mass is 504 g/mol. The molecule has 8 nitrogen and oxygen atoms in total. The number of carboxylic acids is 1. The molecule has 0 aliphatic heterocycles. The van der Waals surface area contributed by atoms with Crippen LogP contribution in [0.5, 0.6) is 5.75 Å². The molecule has 0 saturated heterocycles. The van der Waals surface area contributed by atoms with Crippen molar-refractivity contribution in [1.29, 1.82) is 0 Å². The average molecular weight is 505 g/mol. The Bertz CT molecular complexity index is 1170. The average Bonchev–Trinajstić information content (AvgIpc) is 2.86. The largest absolute Gasteiger partial charge is 0.489 e. The number of benzene rings is 3. The van der Waals surface area contributed by atoms with E-state index in [4.69, 9.17) is 9.47 Å². The quantitative estimate of drug-likeness (QED) is 0.371. The fraction of sp³-hybridized carbons (Fsp3) is 0.276. The molecule has 0 bridgehead atoms. The molecule has 3 aromatic rings. The third-order valence-corrected chi connectivity index (χ3v) is 5.29. The van der Waals surface area contributed by atoms with E-state index in [-0.39, 0.29) is 6.42 Å². The highest BCUT2D eigenvalue weighted by Gasteiger charge is 2.29. The van der Waals surface area contributed by atoms with Crippen molar-refractivity contribution in [1.82, 2.24) is 10.6 Å². The van der Waals surface area contributed by atoms with Gasteiger partial charge in [0.15, 0.2) is 6.04 Å². The Morgan fingerprint density at radius 3 is 1.97 bits per heavy atom. The number of carbonyl (C=O) groups excluding carboxylic acids is 2. The summed E-state index contributed by atoms with van der Waals surface area (Å²) >= 11 is 0. The van der Waals surface area contributed by atoms with Gasteiger partial charge in [0, 0.05) is 6.42 Å². The second-order valence-corrected chi connectivity index (χ2v) is 9.51. The molecule has 0 aliphatic rings. The van der Waals surface area contributed by atoms with Crippen molar-refractivity contribution in [2.75, 3.05) is 0 Å². The van der Waals surface area contributed by atoms with Gasteiger partial charge in [-0.2, -0.15) is 0 Å². The van der Waals surface area contributed by atoms with Gasteiger partial charge in [0.05, 0.1) is 0 Å². The highest BCUT2D eigenvalue weighted by molar-refractivity contribution is 5.90. The number of nitrogens with one attached hydrogen (secondary N) is 2. The van der Waals surface area contributed by atoms with Crippen LogP contribution in [0.4, 0.5) is 4.79 Å². The highest BCUT2D eigenvalue weighted by atomic mass is 16.6. The van der Waals surface area contributed by atoms with Gasteiger partial charge in [-0.05, 0) is 49.6 Å². The Balaban J connectivity index is 1.73. The third kappa shape index (κ3) is 9.00. The number of hydrogen-bond donors (Lipinski definition) is 3. The molecular formula is C29H32N2O6. The number of rotatable bonds is 10. The number of carbonyl (C=O) groups is 3. The van der Waals surface area contributed by atoms with Crippen molar-refractivity contribution >= 4 is 18.0 Å². The van der Waals surface area contributed by atoms with Gasteiger partial charge in [0.2, 0.25) is 5.91 Å². The minimum absolute atomic E-state index is 0.116. The molecule has 0 heterocycles. The summed E-state index contributed by atoms with van der Waals surface area (Å²) in [5, 5.41) is 14.8. The van der Waals surface area contributed by atoms with Crippen LogP contribution in [0, 0.1) is 0 Å². The first-order valence-corrected chi connectivity index (χ1v) is 11.9. The molecule has 3 rings (SSSR count). The molecule has 0 aliphatic carbocycles. The van der Waals surface area contributed by atoms with Crippen molar-refractivity contribution < 1.29 is 29.0 Å². The van der Waals surface area contributed by atoms with Crippen molar-refractivity contribution in [3.05, 3.63) is 102 Å². The Hall–Kier alpha value is -4.33. The Morgan fingerprint density at radius 1 is 0.811 bits per heavy atom. The van der Waals surface area contributed by atoms with E-state index in [1.54, 1.807) is 75.4 Å². The maximum absolute atomic E-state index is 13.2. The van der Waals surface area contributed by atoms with Crippen LogP contribution in [0.3, 0.4) is 0 Å². The summed E-state index contributed by atoms with van der Waals surface area (Å²) < 4.78 is 11.1. The van der Waals surface area contributed by atoms with E-state index in [2.05, 4.69) is 10.6 Å². The van der Waals surface area contributed by atoms with E-state index in [1.165, 1.54) is 0 Å². The van der Waals surface area contributed by atoms with Gasteiger partial charge in [0.25, 0.3) is 0 Å². The fourth-order valence-corrected chi connectivity index (χ4v) is 3.53. The number of ether oxygens (including phenoxy) is 2. The SMILES string of the molecule is CC(C)(C)OC(=O)N[C@@H](Cc1ccc(OCc2ccccc2)cc1)C(=O)NC(C(=O)O)c1ccccc1. The van der Waals surface area contributed by atoms with Crippen LogP contribution in [0.2, 0.25) is 0 Å². The van der Waals surface area contributed by atoms with E-state index in [9.17, 15) is 19.5 Å². The summed E-state index contributed by atoms with van der Waals surface area (Å²) in [6.45, 7) is 5.56. The lowest BCUT2D eigenvalue weighted by molar-refractivity contribution is -0.142. The number of hydrogen-bond acceptors (Lipinski definition) is 5. The summed E-state index contributed by atoms with van der Waals surface area (Å²) in [6, 6.07) is 22.9. The molecule has 3 aromatic carbocycles. The standard InChI is InChI=1S/C29H32N2O6/c1-29(2,3)37-28(35)30-24(26(32)31-25(27(33)34)22-12-8-5-9-13-22)18-20-14-16-23(17-15-20)36-19-21-10-6-4-7-11-21/h4-17,24-25H,18-19H2,1-3H3,(H,30,35)(H,31,32)(H,33,34)/t24-,25?/m0/s1. The lowest BCUT2D eigenvalue weighted by Gasteiger charge is -2.24. The molecule has 37 heavy (non-hydrogen) atoms. The molecule has 0 saturated carbocycles. The lowest BCUT2D eigenvalue weighted by Crippen LogP contribution is -2.51. The lowest BCUT2D eigenvalue weighted by atomic mass is 10.0. The summed E-state index contributed by atoms with van der Waals surface area (Å²) in [7, 11) is 0. The molecule has 8 heteroatoms. The maximum Gasteiger partial charge on any atom is 0.408 e. The van der Waals surface area contributed by atoms with Gasteiger partial charge in [-0.3, -0.25) is 4.79 Å². The first kappa shape index (κ1) is 27.3. The first-order chi connectivity index (χ1) is 17.6. The smallest absolute Gasteiger partial charge is 0.408 e. The van der Waals surface area contributed by atoms with Crippen molar-refractivity contribution in [3.8, 4) is 5.75 Å². The van der Waals surface area contributed by atoms with Gasteiger partial charge in [-0.25, -0.2) is 9.59 Å². The molecule has 0 aromatic heterocycles. The van der Waals surface area contributed by atoms with E-state index < -0.39 is 35.7 Å². The van der Waals surface area contributed by atoms with Gasteiger partial charge in [-0.15, -0.1) is 0 Å². The van der Waals surface area contributed by atoms with Crippen LogP contribution in [-0.2, 0) is 27.4 Å². The zero-order valence-electron chi connectivity index (χ0n) is 21.1. The fourth-order valence-electron chi connectivity index (χ4n) is 3.53. The van der Waals surface area contributed by atoms with Crippen LogP contribution in [-0.4, -0.2) is 34.7 Å². The first-order valence-electron chi connectivity index (χ1n) is 11.9. The minimum atomic E-state index is -1.27. The summed E-state index contributed by atoms with van der Waals surface area (Å²) in [5.74, 6) is -1.20. The molecule has 2 amide bonds. The van der Waals surface area contributed by atoms with Crippen LogP contribution < -0.4 is 15.4 Å². The van der Waals surface area contributed by atoms with Crippen molar-refractivity contribution in [2.24, 2.45) is 0 Å². The van der Waals surface area contributed by atoms with E-state index in [0.717, 1.165) is 11.1 Å². The Kier molecular flexibility index (Phi) is 9.27. The predicted octanol–water partition coefficient (Wildman–Crippen LogP) is 4.64. The zero-order valence-corrected chi connectivity index (χ0v) is 21.1. The van der Waals surface area contributed by atoms with E-state index >= 15 is 0 Å². The highest BCUT2D eigenvalue weighted by Crippen LogP contribution is 2.17. The predicted molar refractivity (Wildman–Crippen MR) is 139 cm³/mol. The molecular weight excluding hydrogens is 472 g/mol. The number of aliphatic carboxylic acids is 1. The topological polar surface area (TPSA) is 114 Å². The Morgan fingerprint density at radius 2 is 1.41 bits per heavy atom. The molecule has 0 radical (unpaired) electrons. The summed E-state index contributed by atoms with van der Waals surface area (Å²) in [6.07, 6.45) is -0.660. The Labute approximate surface area is 216 Å². The molecule has 0 fully saturated rings. The summed E-state index contributed by atoms with van der Waals surface area (Å²) in [5.41, 5.74) is 1.43. The van der Waals surface area contributed by atoms with Crippen LogP contribution >= 0.6 is 0 Å². The van der Waals surface area contributed by atoms with Gasteiger partial charge >= 0.3 is 12.1 Å². The molecule has 194 valence electrons. The van der Waals surface area contributed by atoms with Crippen LogP contribution in [0.25, 0.3) is 0 Å². The maximum atomic E-state index is 13.2. The van der Waals surface area contributed by atoms with Crippen LogP contribution in [0.1, 0.15) is 43.5 Å². The van der Waals surface area contributed by atoms with Crippen molar-refractivity contribution in [2.45, 2.75) is 51.5 Å². The molecule has 3 N–H and O–H groups in total. The number of amides is 2. The second-order valence-electron chi connectivity index (χ2n) is 9.51. The van der Waals surface area contributed by atoms with E-state index in [1.807, 2.05) is 30.3 Å². The number of alkyl carbamates (subject to hydrolysis) is 1. The molecule has 0 spiro atoms. The molecule has 1 unspecified atom stereocenters. The zero-order chi connectivity index (χ0) is 26.8. The van der Waals surface area contributed by atoms with Gasteiger partial charge < -0.3 is 25.2 Å².